The van der Waals surface area contributed by atoms with Crippen molar-refractivity contribution in [1.29, 1.82) is 0 Å². The molecule has 0 spiro atoms. The maximum atomic E-state index is 12.4. The molecular weight excluding hydrogens is 364 g/mol. The Morgan fingerprint density at radius 1 is 0.926 bits per heavy atom. The van der Waals surface area contributed by atoms with Crippen LogP contribution in [0.15, 0.2) is 24.3 Å². The van der Waals surface area contributed by atoms with Gasteiger partial charge < -0.3 is 14.5 Å². The van der Waals surface area contributed by atoms with Crippen molar-refractivity contribution in [2.24, 2.45) is 5.92 Å². The van der Waals surface area contributed by atoms with Crippen LogP contribution in [0, 0.1) is 5.92 Å². The quantitative estimate of drug-likeness (QED) is 0.710. The SMILES string of the molecule is O=C(CCOc1ccc(Cl)cc1)N1CCN(C(=O)CCC2CCCC2)CC1. The van der Waals surface area contributed by atoms with Crippen LogP contribution in [0.2, 0.25) is 5.02 Å². The van der Waals surface area contributed by atoms with Crippen molar-refractivity contribution in [2.45, 2.75) is 44.9 Å². The summed E-state index contributed by atoms with van der Waals surface area (Å²) < 4.78 is 5.59. The van der Waals surface area contributed by atoms with Gasteiger partial charge in [-0.25, -0.2) is 0 Å². The summed E-state index contributed by atoms with van der Waals surface area (Å²) >= 11 is 5.84. The molecule has 27 heavy (non-hydrogen) atoms. The Bertz CT molecular complexity index is 621. The van der Waals surface area contributed by atoms with E-state index in [4.69, 9.17) is 16.3 Å². The molecule has 5 nitrogen and oxygen atoms in total. The van der Waals surface area contributed by atoms with E-state index in [9.17, 15) is 9.59 Å². The molecule has 0 radical (unpaired) electrons. The number of hydrogen-bond acceptors (Lipinski definition) is 3. The average Bonchev–Trinajstić information content (AvgIpc) is 3.21. The molecule has 1 aromatic rings. The van der Waals surface area contributed by atoms with Crippen molar-refractivity contribution < 1.29 is 14.3 Å². The van der Waals surface area contributed by atoms with E-state index in [1.807, 2.05) is 9.80 Å². The summed E-state index contributed by atoms with van der Waals surface area (Å²) in [6, 6.07) is 7.12. The Kier molecular flexibility index (Phi) is 7.39. The maximum Gasteiger partial charge on any atom is 0.226 e. The lowest BCUT2D eigenvalue weighted by Gasteiger charge is -2.35. The second kappa shape index (κ2) is 9.98. The summed E-state index contributed by atoms with van der Waals surface area (Å²) in [6.45, 7) is 2.88. The third kappa shape index (κ3) is 6.13. The molecule has 1 aliphatic carbocycles. The molecule has 0 bridgehead atoms. The minimum atomic E-state index is 0.0852. The van der Waals surface area contributed by atoms with Gasteiger partial charge in [0, 0.05) is 37.6 Å². The van der Waals surface area contributed by atoms with Gasteiger partial charge in [-0.3, -0.25) is 9.59 Å². The van der Waals surface area contributed by atoms with E-state index < -0.39 is 0 Å². The number of benzene rings is 1. The van der Waals surface area contributed by atoms with Gasteiger partial charge in [0.05, 0.1) is 13.0 Å². The molecule has 0 N–H and O–H groups in total. The lowest BCUT2D eigenvalue weighted by molar-refractivity contribution is -0.140. The average molecular weight is 393 g/mol. The van der Waals surface area contributed by atoms with Gasteiger partial charge in [-0.05, 0) is 36.6 Å². The lowest BCUT2D eigenvalue weighted by Crippen LogP contribution is -2.50. The zero-order chi connectivity index (χ0) is 19.1. The van der Waals surface area contributed by atoms with Gasteiger partial charge in [0.1, 0.15) is 5.75 Å². The Labute approximate surface area is 166 Å². The van der Waals surface area contributed by atoms with Gasteiger partial charge in [0.15, 0.2) is 0 Å². The first-order valence-electron chi connectivity index (χ1n) is 10.1. The van der Waals surface area contributed by atoms with Crippen LogP contribution < -0.4 is 4.74 Å². The molecule has 6 heteroatoms. The second-order valence-corrected chi connectivity index (χ2v) is 7.94. The first kappa shape index (κ1) is 20.0. The monoisotopic (exact) mass is 392 g/mol. The fourth-order valence-electron chi connectivity index (χ4n) is 3.94. The maximum absolute atomic E-state index is 12.4. The molecule has 1 aromatic carbocycles. The van der Waals surface area contributed by atoms with E-state index in [-0.39, 0.29) is 11.8 Å². The fraction of sp³-hybridized carbons (Fsp3) is 0.619. The Balaban J connectivity index is 1.32. The molecule has 1 heterocycles. The lowest BCUT2D eigenvalue weighted by atomic mass is 10.0. The predicted octanol–water partition coefficient (Wildman–Crippen LogP) is 3.75. The molecule has 2 fully saturated rings. The molecular formula is C21H29ClN2O3. The van der Waals surface area contributed by atoms with E-state index in [1.54, 1.807) is 24.3 Å². The van der Waals surface area contributed by atoms with Crippen molar-refractivity contribution in [3.05, 3.63) is 29.3 Å². The molecule has 1 aliphatic heterocycles. The van der Waals surface area contributed by atoms with E-state index in [0.29, 0.717) is 56.4 Å². The molecule has 148 valence electrons. The standard InChI is InChI=1S/C21H29ClN2O3/c22-18-6-8-19(9-7-18)27-16-11-21(26)24-14-12-23(13-15-24)20(25)10-5-17-3-1-2-4-17/h6-9,17H,1-5,10-16H2. The zero-order valence-corrected chi connectivity index (χ0v) is 16.6. The van der Waals surface area contributed by atoms with Crippen LogP contribution in [-0.4, -0.2) is 54.4 Å². The number of rotatable bonds is 7. The van der Waals surface area contributed by atoms with Crippen molar-refractivity contribution >= 4 is 23.4 Å². The molecule has 2 amide bonds. The Morgan fingerprint density at radius 2 is 1.48 bits per heavy atom. The topological polar surface area (TPSA) is 49.9 Å². The summed E-state index contributed by atoms with van der Waals surface area (Å²) in [5.74, 6) is 1.80. The van der Waals surface area contributed by atoms with Gasteiger partial charge in [-0.15, -0.1) is 0 Å². The third-order valence-corrected chi connectivity index (χ3v) is 5.88. The highest BCUT2D eigenvalue weighted by Crippen LogP contribution is 2.28. The largest absolute Gasteiger partial charge is 0.493 e. The van der Waals surface area contributed by atoms with Crippen molar-refractivity contribution in [1.82, 2.24) is 9.80 Å². The highest BCUT2D eigenvalue weighted by atomic mass is 35.5. The predicted molar refractivity (Wildman–Crippen MR) is 106 cm³/mol. The van der Waals surface area contributed by atoms with Crippen LogP contribution in [0.4, 0.5) is 0 Å². The number of amides is 2. The van der Waals surface area contributed by atoms with Crippen molar-refractivity contribution in [3.8, 4) is 5.75 Å². The van der Waals surface area contributed by atoms with E-state index in [2.05, 4.69) is 0 Å². The van der Waals surface area contributed by atoms with Crippen LogP contribution in [0.3, 0.4) is 0 Å². The summed E-state index contributed by atoms with van der Waals surface area (Å²) in [5.41, 5.74) is 0. The first-order valence-corrected chi connectivity index (χ1v) is 10.4. The fourth-order valence-corrected chi connectivity index (χ4v) is 4.06. The van der Waals surface area contributed by atoms with Crippen LogP contribution in [0.25, 0.3) is 0 Å². The number of halogens is 1. The summed E-state index contributed by atoms with van der Waals surface area (Å²) in [6.07, 6.45) is 7.25. The summed E-state index contributed by atoms with van der Waals surface area (Å²) in [5, 5.41) is 0.661. The number of carbonyl (C=O) groups excluding carboxylic acids is 2. The normalized spacial score (nSPS) is 18.0. The number of ether oxygens (including phenoxy) is 1. The van der Waals surface area contributed by atoms with E-state index in [0.717, 1.165) is 12.3 Å². The zero-order valence-electron chi connectivity index (χ0n) is 15.9. The van der Waals surface area contributed by atoms with Crippen molar-refractivity contribution in [2.75, 3.05) is 32.8 Å². The van der Waals surface area contributed by atoms with Gasteiger partial charge >= 0.3 is 0 Å². The third-order valence-electron chi connectivity index (χ3n) is 5.62. The summed E-state index contributed by atoms with van der Waals surface area (Å²) in [7, 11) is 0. The summed E-state index contributed by atoms with van der Waals surface area (Å²) in [4.78, 5) is 28.5. The number of carbonyl (C=O) groups is 2. The first-order chi connectivity index (χ1) is 13.1. The van der Waals surface area contributed by atoms with Gasteiger partial charge in [0.2, 0.25) is 11.8 Å². The molecule has 0 atom stereocenters. The molecule has 0 aromatic heterocycles. The minimum absolute atomic E-state index is 0.0852. The molecule has 1 saturated carbocycles. The minimum Gasteiger partial charge on any atom is -0.493 e. The van der Waals surface area contributed by atoms with E-state index in [1.165, 1.54) is 25.7 Å². The molecule has 0 unspecified atom stereocenters. The number of nitrogens with zero attached hydrogens (tertiary/aromatic N) is 2. The van der Waals surface area contributed by atoms with Crippen LogP contribution in [-0.2, 0) is 9.59 Å². The van der Waals surface area contributed by atoms with Crippen LogP contribution in [0.1, 0.15) is 44.9 Å². The molecule has 3 rings (SSSR count). The molecule has 2 aliphatic rings. The Hall–Kier alpha value is -1.75. The van der Waals surface area contributed by atoms with Gasteiger partial charge in [-0.2, -0.15) is 0 Å². The van der Waals surface area contributed by atoms with Crippen LogP contribution in [0.5, 0.6) is 5.75 Å². The molecule has 1 saturated heterocycles. The Morgan fingerprint density at radius 3 is 2.07 bits per heavy atom. The van der Waals surface area contributed by atoms with E-state index >= 15 is 0 Å². The van der Waals surface area contributed by atoms with Gasteiger partial charge in [-0.1, -0.05) is 37.3 Å². The van der Waals surface area contributed by atoms with Crippen LogP contribution >= 0.6 is 11.6 Å². The number of piperazine rings is 1. The van der Waals surface area contributed by atoms with Crippen molar-refractivity contribution in [3.63, 3.8) is 0 Å². The smallest absolute Gasteiger partial charge is 0.226 e. The highest BCUT2D eigenvalue weighted by molar-refractivity contribution is 6.30. The highest BCUT2D eigenvalue weighted by Gasteiger charge is 2.25. The second-order valence-electron chi connectivity index (χ2n) is 7.50. The number of hydrogen-bond donors (Lipinski definition) is 0. The van der Waals surface area contributed by atoms with Gasteiger partial charge in [0.25, 0.3) is 0 Å².